The van der Waals surface area contributed by atoms with Crippen LogP contribution in [0, 0.1) is 0 Å². The van der Waals surface area contributed by atoms with Crippen molar-refractivity contribution in [1.82, 2.24) is 15.5 Å². The average molecular weight is 285 g/mol. The number of carbonyl (C=O) groups excluding carboxylic acids is 1. The van der Waals surface area contributed by atoms with E-state index in [0.29, 0.717) is 11.7 Å². The van der Waals surface area contributed by atoms with E-state index >= 15 is 0 Å². The van der Waals surface area contributed by atoms with Gasteiger partial charge in [0.05, 0.1) is 11.8 Å². The highest BCUT2D eigenvalue weighted by Crippen LogP contribution is 2.41. The third-order valence-corrected chi connectivity index (χ3v) is 4.27. The second-order valence-electron chi connectivity index (χ2n) is 5.71. The molecule has 0 fully saturated rings. The summed E-state index contributed by atoms with van der Waals surface area (Å²) in [4.78, 5) is 15.9. The van der Waals surface area contributed by atoms with Crippen molar-refractivity contribution < 1.29 is 9.32 Å². The van der Waals surface area contributed by atoms with Gasteiger partial charge in [0.1, 0.15) is 0 Å². The number of hydrogen-bond donors (Lipinski definition) is 1. The highest BCUT2D eigenvalue weighted by atomic mass is 16.5. The van der Waals surface area contributed by atoms with Crippen molar-refractivity contribution >= 4 is 5.91 Å². The SMILES string of the molecule is CNC(=O)Cc1noc(C2(C)CCCc3ccccc32)n1. The van der Waals surface area contributed by atoms with E-state index in [2.05, 4.69) is 40.6 Å². The third kappa shape index (κ3) is 2.44. The molecule has 0 aliphatic heterocycles. The molecule has 1 unspecified atom stereocenters. The molecule has 1 heterocycles. The number of fused-ring (bicyclic) bond motifs is 1. The summed E-state index contributed by atoms with van der Waals surface area (Å²) < 4.78 is 5.47. The largest absolute Gasteiger partial charge is 0.359 e. The van der Waals surface area contributed by atoms with Crippen molar-refractivity contribution in [1.29, 1.82) is 0 Å². The molecular formula is C16H19N3O2. The van der Waals surface area contributed by atoms with Gasteiger partial charge in [-0.25, -0.2) is 0 Å². The van der Waals surface area contributed by atoms with E-state index in [1.807, 2.05) is 6.07 Å². The Hall–Kier alpha value is -2.17. The zero-order valence-electron chi connectivity index (χ0n) is 12.3. The molecule has 2 aromatic rings. The van der Waals surface area contributed by atoms with Crippen molar-refractivity contribution in [2.75, 3.05) is 7.05 Å². The van der Waals surface area contributed by atoms with Crippen molar-refractivity contribution in [2.45, 2.75) is 38.0 Å². The third-order valence-electron chi connectivity index (χ3n) is 4.27. The van der Waals surface area contributed by atoms with E-state index < -0.39 is 0 Å². The summed E-state index contributed by atoms with van der Waals surface area (Å²) in [5.41, 5.74) is 2.34. The molecule has 110 valence electrons. The van der Waals surface area contributed by atoms with Crippen molar-refractivity contribution in [3.8, 4) is 0 Å². The molecule has 1 amide bonds. The highest BCUT2D eigenvalue weighted by molar-refractivity contribution is 5.77. The lowest BCUT2D eigenvalue weighted by molar-refractivity contribution is -0.120. The summed E-state index contributed by atoms with van der Waals surface area (Å²) in [5.74, 6) is 0.929. The zero-order valence-corrected chi connectivity index (χ0v) is 12.3. The number of hydrogen-bond acceptors (Lipinski definition) is 4. The predicted octanol–water partition coefficient (Wildman–Crippen LogP) is 2.00. The van der Waals surface area contributed by atoms with Gasteiger partial charge in [0.2, 0.25) is 11.8 Å². The van der Waals surface area contributed by atoms with Gasteiger partial charge in [0.15, 0.2) is 5.82 Å². The summed E-state index contributed by atoms with van der Waals surface area (Å²) >= 11 is 0. The molecule has 1 aliphatic rings. The molecule has 1 aromatic carbocycles. The fourth-order valence-corrected chi connectivity index (χ4v) is 3.05. The molecule has 1 N–H and O–H groups in total. The lowest BCUT2D eigenvalue weighted by atomic mass is 9.71. The van der Waals surface area contributed by atoms with Gasteiger partial charge in [-0.05, 0) is 37.3 Å². The van der Waals surface area contributed by atoms with E-state index in [1.165, 1.54) is 11.1 Å². The Kier molecular flexibility index (Phi) is 3.49. The average Bonchev–Trinajstić information content (AvgIpc) is 2.97. The van der Waals surface area contributed by atoms with E-state index in [1.54, 1.807) is 7.05 Å². The molecule has 0 saturated heterocycles. The van der Waals surface area contributed by atoms with E-state index in [0.717, 1.165) is 19.3 Å². The van der Waals surface area contributed by atoms with Gasteiger partial charge in [-0.15, -0.1) is 0 Å². The first kappa shape index (κ1) is 13.8. The maximum Gasteiger partial charge on any atom is 0.237 e. The Labute approximate surface area is 123 Å². The number of benzene rings is 1. The van der Waals surface area contributed by atoms with Crippen molar-refractivity contribution in [2.24, 2.45) is 0 Å². The molecule has 0 spiro atoms. The molecule has 1 atom stereocenters. The highest BCUT2D eigenvalue weighted by Gasteiger charge is 2.38. The van der Waals surface area contributed by atoms with Crippen LogP contribution in [0.25, 0.3) is 0 Å². The Morgan fingerprint density at radius 1 is 1.43 bits per heavy atom. The quantitative estimate of drug-likeness (QED) is 0.936. The maximum atomic E-state index is 11.4. The summed E-state index contributed by atoms with van der Waals surface area (Å²) in [6.07, 6.45) is 3.31. The van der Waals surface area contributed by atoms with Crippen LogP contribution in [-0.2, 0) is 23.1 Å². The normalized spacial score (nSPS) is 20.9. The lowest BCUT2D eigenvalue weighted by Gasteiger charge is -2.32. The molecule has 1 aromatic heterocycles. The molecule has 0 bridgehead atoms. The molecular weight excluding hydrogens is 266 g/mol. The van der Waals surface area contributed by atoms with Gasteiger partial charge in [0.25, 0.3) is 0 Å². The van der Waals surface area contributed by atoms with E-state index in [-0.39, 0.29) is 17.7 Å². The van der Waals surface area contributed by atoms with Crippen LogP contribution in [0.1, 0.15) is 42.6 Å². The van der Waals surface area contributed by atoms with Gasteiger partial charge in [-0.2, -0.15) is 4.98 Å². The van der Waals surface area contributed by atoms with Crippen LogP contribution in [0.3, 0.4) is 0 Å². The summed E-state index contributed by atoms with van der Waals surface area (Å²) in [5, 5.41) is 6.52. The molecule has 5 heteroatoms. The fourth-order valence-electron chi connectivity index (χ4n) is 3.05. The summed E-state index contributed by atoms with van der Waals surface area (Å²) in [7, 11) is 1.60. The fraction of sp³-hybridized carbons (Fsp3) is 0.438. The Balaban J connectivity index is 1.95. The number of amides is 1. The minimum atomic E-state index is -0.261. The number of aryl methyl sites for hydroxylation is 1. The Morgan fingerprint density at radius 2 is 2.24 bits per heavy atom. The second kappa shape index (κ2) is 5.31. The first-order valence-electron chi connectivity index (χ1n) is 7.25. The van der Waals surface area contributed by atoms with Crippen molar-refractivity contribution in [3.05, 3.63) is 47.1 Å². The van der Waals surface area contributed by atoms with Gasteiger partial charge >= 0.3 is 0 Å². The van der Waals surface area contributed by atoms with Gasteiger partial charge in [0, 0.05) is 7.05 Å². The topological polar surface area (TPSA) is 68.0 Å². The predicted molar refractivity (Wildman–Crippen MR) is 77.9 cm³/mol. The minimum absolute atomic E-state index is 0.114. The summed E-state index contributed by atoms with van der Waals surface area (Å²) in [6.45, 7) is 2.14. The molecule has 0 saturated carbocycles. The number of nitrogens with zero attached hydrogens (tertiary/aromatic N) is 2. The van der Waals surface area contributed by atoms with Crippen LogP contribution in [0.4, 0.5) is 0 Å². The van der Waals surface area contributed by atoms with Crippen LogP contribution in [0.15, 0.2) is 28.8 Å². The van der Waals surface area contributed by atoms with Crippen LogP contribution in [0.5, 0.6) is 0 Å². The Bertz CT molecular complexity index is 665. The van der Waals surface area contributed by atoms with Gasteiger partial charge in [-0.3, -0.25) is 4.79 Å². The Morgan fingerprint density at radius 3 is 3.05 bits per heavy atom. The van der Waals surface area contributed by atoms with Crippen LogP contribution in [0.2, 0.25) is 0 Å². The minimum Gasteiger partial charge on any atom is -0.359 e. The number of carbonyl (C=O) groups is 1. The van der Waals surface area contributed by atoms with Gasteiger partial charge < -0.3 is 9.84 Å². The molecule has 3 rings (SSSR count). The van der Waals surface area contributed by atoms with Crippen LogP contribution < -0.4 is 5.32 Å². The smallest absolute Gasteiger partial charge is 0.237 e. The number of likely N-dealkylation sites (N-methyl/N-ethyl adjacent to an activating group) is 1. The van der Waals surface area contributed by atoms with Crippen LogP contribution in [-0.4, -0.2) is 23.1 Å². The first-order chi connectivity index (χ1) is 10.1. The van der Waals surface area contributed by atoms with Gasteiger partial charge in [-0.1, -0.05) is 29.4 Å². The maximum absolute atomic E-state index is 11.4. The van der Waals surface area contributed by atoms with E-state index in [9.17, 15) is 4.79 Å². The summed E-state index contributed by atoms with van der Waals surface area (Å²) in [6, 6.07) is 8.41. The molecule has 5 nitrogen and oxygen atoms in total. The monoisotopic (exact) mass is 285 g/mol. The zero-order chi connectivity index (χ0) is 14.9. The molecule has 21 heavy (non-hydrogen) atoms. The molecule has 1 aliphatic carbocycles. The second-order valence-corrected chi connectivity index (χ2v) is 5.71. The van der Waals surface area contributed by atoms with E-state index in [4.69, 9.17) is 4.52 Å². The number of rotatable bonds is 3. The molecule has 0 radical (unpaired) electrons. The number of nitrogens with one attached hydrogen (secondary N) is 1. The van der Waals surface area contributed by atoms with Crippen molar-refractivity contribution in [3.63, 3.8) is 0 Å². The van der Waals surface area contributed by atoms with Crippen LogP contribution >= 0.6 is 0 Å². The standard InChI is InChI=1S/C16H19N3O2/c1-16(9-5-7-11-6-3-4-8-12(11)16)15-18-13(19-21-15)10-14(20)17-2/h3-4,6,8H,5,7,9-10H2,1-2H3,(H,17,20). The lowest BCUT2D eigenvalue weighted by Crippen LogP contribution is -2.29. The number of aromatic nitrogens is 2. The first-order valence-corrected chi connectivity index (χ1v) is 7.25.